The smallest absolute Gasteiger partial charge is 0.338 e. The molecule has 0 atom stereocenters. The predicted molar refractivity (Wildman–Crippen MR) is 59.5 cm³/mol. The second-order valence-electron chi connectivity index (χ2n) is 2.92. The first-order valence-electron chi connectivity index (χ1n) is 4.64. The van der Waals surface area contributed by atoms with E-state index in [1.54, 1.807) is 13.0 Å². The number of benzene rings is 1. The van der Waals surface area contributed by atoms with Gasteiger partial charge in [0.25, 0.3) is 0 Å². The van der Waals surface area contributed by atoms with Crippen molar-refractivity contribution in [3.63, 3.8) is 0 Å². The molecule has 0 heterocycles. The Morgan fingerprint density at radius 1 is 1.36 bits per heavy atom. The molecular weight excluding hydrogens is 244 g/mol. The number of ether oxygens (including phenoxy) is 1. The van der Waals surface area contributed by atoms with Crippen LogP contribution in [0.15, 0.2) is 22.7 Å². The van der Waals surface area contributed by atoms with Gasteiger partial charge in [0.1, 0.15) is 0 Å². The quantitative estimate of drug-likeness (QED) is 0.777. The number of hydrogen-bond acceptors (Lipinski definition) is 2. The van der Waals surface area contributed by atoms with E-state index in [0.717, 1.165) is 16.5 Å². The number of carbonyl (C=O) groups excluding carboxylic acids is 1. The Bertz CT molecular complexity index is 334. The van der Waals surface area contributed by atoms with Gasteiger partial charge in [-0.3, -0.25) is 0 Å². The van der Waals surface area contributed by atoms with Crippen LogP contribution < -0.4 is 0 Å². The van der Waals surface area contributed by atoms with Crippen molar-refractivity contribution in [2.45, 2.75) is 20.3 Å². The summed E-state index contributed by atoms with van der Waals surface area (Å²) in [4.78, 5) is 11.4. The van der Waals surface area contributed by atoms with E-state index in [0.29, 0.717) is 12.2 Å². The molecule has 0 N–H and O–H groups in total. The van der Waals surface area contributed by atoms with Crippen molar-refractivity contribution < 1.29 is 9.53 Å². The molecular formula is C11H13BrO2. The average molecular weight is 257 g/mol. The van der Waals surface area contributed by atoms with Gasteiger partial charge in [-0.1, -0.05) is 22.9 Å². The van der Waals surface area contributed by atoms with Gasteiger partial charge in [-0.05, 0) is 37.1 Å². The highest BCUT2D eigenvalue weighted by Gasteiger charge is 2.07. The number of carbonyl (C=O) groups is 1. The van der Waals surface area contributed by atoms with Crippen LogP contribution in [0, 0.1) is 0 Å². The van der Waals surface area contributed by atoms with E-state index in [1.807, 2.05) is 12.1 Å². The van der Waals surface area contributed by atoms with Crippen LogP contribution in [0.4, 0.5) is 0 Å². The summed E-state index contributed by atoms with van der Waals surface area (Å²) in [6.07, 6.45) is 0.909. The highest BCUT2D eigenvalue weighted by Crippen LogP contribution is 2.17. The Hall–Kier alpha value is -0.830. The first-order chi connectivity index (χ1) is 6.67. The molecule has 0 fully saturated rings. The molecule has 0 unspecified atom stereocenters. The molecule has 0 aliphatic heterocycles. The summed E-state index contributed by atoms with van der Waals surface area (Å²) in [5.41, 5.74) is 1.74. The van der Waals surface area contributed by atoms with Crippen LogP contribution in [0.2, 0.25) is 0 Å². The van der Waals surface area contributed by atoms with E-state index < -0.39 is 0 Å². The fourth-order valence-corrected chi connectivity index (χ4v) is 1.73. The van der Waals surface area contributed by atoms with E-state index in [1.165, 1.54) is 0 Å². The molecule has 1 aromatic rings. The molecule has 0 spiro atoms. The molecule has 14 heavy (non-hydrogen) atoms. The van der Waals surface area contributed by atoms with Crippen LogP contribution in [0.1, 0.15) is 29.8 Å². The minimum atomic E-state index is -0.261. The monoisotopic (exact) mass is 256 g/mol. The standard InChI is InChI=1S/C11H13BrO2/c1-3-8-5-9(7-10(12)6-8)11(13)14-4-2/h5-7H,3-4H2,1-2H3. The lowest BCUT2D eigenvalue weighted by atomic mass is 10.1. The van der Waals surface area contributed by atoms with Crippen LogP contribution >= 0.6 is 15.9 Å². The first-order valence-corrected chi connectivity index (χ1v) is 5.43. The van der Waals surface area contributed by atoms with Crippen molar-refractivity contribution in [1.29, 1.82) is 0 Å². The number of rotatable bonds is 3. The molecule has 0 saturated heterocycles. The lowest BCUT2D eigenvalue weighted by molar-refractivity contribution is 0.0526. The van der Waals surface area contributed by atoms with E-state index in [4.69, 9.17) is 4.74 Å². The zero-order valence-electron chi connectivity index (χ0n) is 8.34. The maximum Gasteiger partial charge on any atom is 0.338 e. The van der Waals surface area contributed by atoms with Crippen LogP contribution in [0.25, 0.3) is 0 Å². The van der Waals surface area contributed by atoms with Crippen molar-refractivity contribution in [2.75, 3.05) is 6.61 Å². The number of esters is 1. The molecule has 0 aromatic heterocycles. The highest BCUT2D eigenvalue weighted by molar-refractivity contribution is 9.10. The van der Waals surface area contributed by atoms with Crippen molar-refractivity contribution in [2.24, 2.45) is 0 Å². The molecule has 0 aliphatic carbocycles. The van der Waals surface area contributed by atoms with Gasteiger partial charge in [-0.25, -0.2) is 4.79 Å². The second-order valence-corrected chi connectivity index (χ2v) is 3.84. The number of aryl methyl sites for hydroxylation is 1. The van der Waals surface area contributed by atoms with Gasteiger partial charge in [0.2, 0.25) is 0 Å². The van der Waals surface area contributed by atoms with Crippen LogP contribution in [-0.2, 0) is 11.2 Å². The Morgan fingerprint density at radius 2 is 2.07 bits per heavy atom. The molecule has 2 nitrogen and oxygen atoms in total. The fraction of sp³-hybridized carbons (Fsp3) is 0.364. The summed E-state index contributed by atoms with van der Waals surface area (Å²) in [5.74, 6) is -0.261. The molecule has 0 aliphatic rings. The Labute approximate surface area is 92.4 Å². The third kappa shape index (κ3) is 2.84. The SMILES string of the molecule is CCOC(=O)c1cc(Br)cc(CC)c1. The third-order valence-electron chi connectivity index (χ3n) is 1.88. The van der Waals surface area contributed by atoms with E-state index in [2.05, 4.69) is 22.9 Å². The molecule has 1 rings (SSSR count). The molecule has 76 valence electrons. The molecule has 0 radical (unpaired) electrons. The lowest BCUT2D eigenvalue weighted by Gasteiger charge is -2.04. The van der Waals surface area contributed by atoms with Crippen LogP contribution in [-0.4, -0.2) is 12.6 Å². The van der Waals surface area contributed by atoms with Gasteiger partial charge in [0, 0.05) is 4.47 Å². The van der Waals surface area contributed by atoms with Gasteiger partial charge >= 0.3 is 5.97 Å². The highest BCUT2D eigenvalue weighted by atomic mass is 79.9. The number of hydrogen-bond donors (Lipinski definition) is 0. The lowest BCUT2D eigenvalue weighted by Crippen LogP contribution is -2.05. The van der Waals surface area contributed by atoms with E-state index in [-0.39, 0.29) is 5.97 Å². The van der Waals surface area contributed by atoms with Crippen molar-refractivity contribution in [3.05, 3.63) is 33.8 Å². The van der Waals surface area contributed by atoms with Gasteiger partial charge in [0.15, 0.2) is 0 Å². The zero-order chi connectivity index (χ0) is 10.6. The maximum absolute atomic E-state index is 11.4. The molecule has 0 saturated carbocycles. The zero-order valence-corrected chi connectivity index (χ0v) is 9.93. The minimum absolute atomic E-state index is 0.261. The normalized spacial score (nSPS) is 9.93. The topological polar surface area (TPSA) is 26.3 Å². The van der Waals surface area contributed by atoms with E-state index in [9.17, 15) is 4.79 Å². The fourth-order valence-electron chi connectivity index (χ4n) is 1.19. The summed E-state index contributed by atoms with van der Waals surface area (Å²) in [7, 11) is 0. The van der Waals surface area contributed by atoms with Gasteiger partial charge in [-0.2, -0.15) is 0 Å². The van der Waals surface area contributed by atoms with Crippen molar-refractivity contribution in [1.82, 2.24) is 0 Å². The average Bonchev–Trinajstić information content (AvgIpc) is 2.17. The summed E-state index contributed by atoms with van der Waals surface area (Å²) in [5, 5.41) is 0. The second kappa shape index (κ2) is 5.15. The Balaban J connectivity index is 2.96. The van der Waals surface area contributed by atoms with Crippen molar-refractivity contribution >= 4 is 21.9 Å². The molecule has 0 amide bonds. The van der Waals surface area contributed by atoms with Gasteiger partial charge < -0.3 is 4.74 Å². The number of halogens is 1. The summed E-state index contributed by atoms with van der Waals surface area (Å²) >= 11 is 3.37. The Morgan fingerprint density at radius 3 is 2.64 bits per heavy atom. The maximum atomic E-state index is 11.4. The molecule has 1 aromatic carbocycles. The third-order valence-corrected chi connectivity index (χ3v) is 2.33. The first kappa shape index (κ1) is 11.2. The molecule has 3 heteroatoms. The predicted octanol–water partition coefficient (Wildman–Crippen LogP) is 3.19. The summed E-state index contributed by atoms with van der Waals surface area (Å²) < 4.78 is 5.84. The van der Waals surface area contributed by atoms with Gasteiger partial charge in [0.05, 0.1) is 12.2 Å². The van der Waals surface area contributed by atoms with Crippen LogP contribution in [0.5, 0.6) is 0 Å². The van der Waals surface area contributed by atoms with E-state index >= 15 is 0 Å². The van der Waals surface area contributed by atoms with Gasteiger partial charge in [-0.15, -0.1) is 0 Å². The minimum Gasteiger partial charge on any atom is -0.462 e. The molecule has 0 bridgehead atoms. The van der Waals surface area contributed by atoms with Crippen LogP contribution in [0.3, 0.4) is 0 Å². The van der Waals surface area contributed by atoms with Crippen molar-refractivity contribution in [3.8, 4) is 0 Å². The summed E-state index contributed by atoms with van der Waals surface area (Å²) in [6.45, 7) is 4.26. The summed E-state index contributed by atoms with van der Waals surface area (Å²) in [6, 6.07) is 5.64. The largest absolute Gasteiger partial charge is 0.462 e. The Kier molecular flexibility index (Phi) is 4.14.